The van der Waals surface area contributed by atoms with Crippen molar-refractivity contribution < 1.29 is 9.53 Å². The zero-order valence-electron chi connectivity index (χ0n) is 17.8. The molecule has 4 rings (SSSR count). The van der Waals surface area contributed by atoms with E-state index < -0.39 is 5.91 Å². The number of hydrogen-bond acceptors (Lipinski definition) is 6. The summed E-state index contributed by atoms with van der Waals surface area (Å²) in [5.41, 5.74) is 14.5. The molecule has 0 aliphatic carbocycles. The summed E-state index contributed by atoms with van der Waals surface area (Å²) in [4.78, 5) is 22.2. The molecule has 4 aromatic rings. The molecule has 0 aliphatic rings. The van der Waals surface area contributed by atoms with Gasteiger partial charge in [-0.15, -0.1) is 11.3 Å². The van der Waals surface area contributed by atoms with Crippen LogP contribution in [0.25, 0.3) is 21.5 Å². The summed E-state index contributed by atoms with van der Waals surface area (Å²) in [7, 11) is 0. The molecule has 0 fully saturated rings. The molecule has 1 amide bonds. The number of benzene rings is 2. The first kappa shape index (κ1) is 23.4. The van der Waals surface area contributed by atoms with E-state index in [2.05, 4.69) is 11.9 Å². The van der Waals surface area contributed by atoms with Gasteiger partial charge >= 0.3 is 0 Å². The average Bonchev–Trinajstić information content (AvgIpc) is 3.12. The largest absolute Gasteiger partial charge is 0.397 e. The van der Waals surface area contributed by atoms with Crippen LogP contribution in [-0.4, -0.2) is 22.5 Å². The Labute approximate surface area is 205 Å². The number of fused-ring (bicyclic) bond motifs is 1. The van der Waals surface area contributed by atoms with Gasteiger partial charge in [-0.25, -0.2) is 9.97 Å². The van der Waals surface area contributed by atoms with Gasteiger partial charge in [0.25, 0.3) is 5.91 Å². The SMILES string of the molecule is CC(COCc1ccccc1)Cc1nc(-c2ccc(Cl)c(Cl)c2)c2c(N)c(C(N)=O)sc2n1. The Hall–Kier alpha value is -2.71. The molecule has 33 heavy (non-hydrogen) atoms. The van der Waals surface area contributed by atoms with Crippen LogP contribution in [0.1, 0.15) is 28.0 Å². The first-order valence-electron chi connectivity index (χ1n) is 10.3. The Morgan fingerprint density at radius 3 is 2.58 bits per heavy atom. The molecule has 2 heterocycles. The van der Waals surface area contributed by atoms with E-state index in [0.717, 1.165) is 22.5 Å². The second kappa shape index (κ2) is 10.1. The maximum absolute atomic E-state index is 11.9. The van der Waals surface area contributed by atoms with Crippen LogP contribution < -0.4 is 11.5 Å². The van der Waals surface area contributed by atoms with E-state index in [1.165, 1.54) is 0 Å². The molecule has 2 aromatic carbocycles. The first-order valence-corrected chi connectivity index (χ1v) is 11.9. The van der Waals surface area contributed by atoms with Gasteiger partial charge in [-0.3, -0.25) is 4.79 Å². The molecule has 1 atom stereocenters. The van der Waals surface area contributed by atoms with Crippen LogP contribution in [0.2, 0.25) is 10.0 Å². The summed E-state index contributed by atoms with van der Waals surface area (Å²) in [6.45, 7) is 3.18. The van der Waals surface area contributed by atoms with Gasteiger partial charge in [0.05, 0.1) is 40.0 Å². The fourth-order valence-corrected chi connectivity index (χ4v) is 4.78. The lowest BCUT2D eigenvalue weighted by atomic mass is 10.1. The summed E-state index contributed by atoms with van der Waals surface area (Å²) in [6.07, 6.45) is 0.586. The summed E-state index contributed by atoms with van der Waals surface area (Å²) in [5.74, 6) is 0.192. The van der Waals surface area contributed by atoms with Crippen molar-refractivity contribution in [2.75, 3.05) is 12.3 Å². The quantitative estimate of drug-likeness (QED) is 0.320. The monoisotopic (exact) mass is 500 g/mol. The number of carbonyl (C=O) groups is 1. The van der Waals surface area contributed by atoms with Crippen molar-refractivity contribution in [1.29, 1.82) is 0 Å². The minimum absolute atomic E-state index is 0.167. The predicted molar refractivity (Wildman–Crippen MR) is 135 cm³/mol. The standard InChI is InChI=1S/C24H22Cl2N4O2S/c1-13(11-32-12-14-5-3-2-4-6-14)9-18-29-21(15-7-8-16(25)17(26)10-15)19-20(27)22(23(28)31)33-24(19)30-18/h2-8,10,13H,9,11-12,27H2,1H3,(H2,28,31). The normalized spacial score (nSPS) is 12.2. The first-order chi connectivity index (χ1) is 15.8. The second-order valence-electron chi connectivity index (χ2n) is 7.82. The van der Waals surface area contributed by atoms with Gasteiger partial charge in [0.15, 0.2) is 0 Å². The maximum atomic E-state index is 11.9. The number of aromatic nitrogens is 2. The molecular formula is C24H22Cl2N4O2S. The van der Waals surface area contributed by atoms with Gasteiger partial charge in [-0.05, 0) is 23.6 Å². The van der Waals surface area contributed by atoms with Gasteiger partial charge in [-0.1, -0.05) is 66.5 Å². The topological polar surface area (TPSA) is 104 Å². The number of thiophene rings is 1. The Morgan fingerprint density at radius 1 is 1.12 bits per heavy atom. The van der Waals surface area contributed by atoms with Gasteiger partial charge < -0.3 is 16.2 Å². The highest BCUT2D eigenvalue weighted by atomic mass is 35.5. The van der Waals surface area contributed by atoms with Crippen molar-refractivity contribution >= 4 is 56.3 Å². The number of amides is 1. The molecule has 1 unspecified atom stereocenters. The second-order valence-corrected chi connectivity index (χ2v) is 9.63. The number of nitrogens with two attached hydrogens (primary N) is 2. The van der Waals surface area contributed by atoms with Gasteiger partial charge in [0.1, 0.15) is 15.5 Å². The molecule has 170 valence electrons. The lowest BCUT2D eigenvalue weighted by Gasteiger charge is -2.13. The van der Waals surface area contributed by atoms with Crippen molar-refractivity contribution in [3.8, 4) is 11.3 Å². The van der Waals surface area contributed by atoms with Crippen LogP contribution >= 0.6 is 34.5 Å². The lowest BCUT2D eigenvalue weighted by molar-refractivity contribution is 0.0916. The van der Waals surface area contributed by atoms with Crippen molar-refractivity contribution in [1.82, 2.24) is 9.97 Å². The third-order valence-electron chi connectivity index (χ3n) is 5.10. The van der Waals surface area contributed by atoms with Crippen LogP contribution in [0.15, 0.2) is 48.5 Å². The number of ether oxygens (including phenoxy) is 1. The molecule has 0 saturated heterocycles. The lowest BCUT2D eigenvalue weighted by Crippen LogP contribution is -2.12. The third-order valence-corrected chi connectivity index (χ3v) is 6.95. The maximum Gasteiger partial charge on any atom is 0.260 e. The molecule has 6 nitrogen and oxygen atoms in total. The summed E-state index contributed by atoms with van der Waals surface area (Å²) in [5, 5.41) is 1.42. The Kier molecular flexibility index (Phi) is 7.14. The van der Waals surface area contributed by atoms with Crippen LogP contribution in [0, 0.1) is 5.92 Å². The molecule has 2 aromatic heterocycles. The van der Waals surface area contributed by atoms with Crippen LogP contribution in [-0.2, 0) is 17.8 Å². The van der Waals surface area contributed by atoms with Crippen LogP contribution in [0.5, 0.6) is 0 Å². The van der Waals surface area contributed by atoms with Crippen molar-refractivity contribution in [2.45, 2.75) is 20.0 Å². The molecule has 0 aliphatic heterocycles. The highest BCUT2D eigenvalue weighted by Gasteiger charge is 2.22. The summed E-state index contributed by atoms with van der Waals surface area (Å²) < 4.78 is 5.87. The number of anilines is 1. The van der Waals surface area contributed by atoms with Gasteiger partial charge in [-0.2, -0.15) is 0 Å². The van der Waals surface area contributed by atoms with E-state index >= 15 is 0 Å². The number of halogens is 2. The Bertz CT molecular complexity index is 1310. The van der Waals surface area contributed by atoms with E-state index in [1.807, 2.05) is 36.4 Å². The molecule has 0 saturated carbocycles. The zero-order chi connectivity index (χ0) is 23.5. The van der Waals surface area contributed by atoms with E-state index in [-0.39, 0.29) is 16.5 Å². The molecular weight excluding hydrogens is 479 g/mol. The molecule has 9 heteroatoms. The Morgan fingerprint density at radius 2 is 1.88 bits per heavy atom. The average molecular weight is 501 g/mol. The van der Waals surface area contributed by atoms with E-state index in [9.17, 15) is 4.79 Å². The predicted octanol–water partition coefficient (Wildman–Crippen LogP) is 5.74. The molecule has 0 bridgehead atoms. The number of rotatable bonds is 8. The fraction of sp³-hybridized carbons (Fsp3) is 0.208. The molecule has 0 spiro atoms. The minimum Gasteiger partial charge on any atom is -0.397 e. The molecule has 4 N–H and O–H groups in total. The number of hydrogen-bond donors (Lipinski definition) is 2. The van der Waals surface area contributed by atoms with Gasteiger partial charge in [0, 0.05) is 12.0 Å². The van der Waals surface area contributed by atoms with E-state index in [1.54, 1.807) is 12.1 Å². The Balaban J connectivity index is 1.64. The summed E-state index contributed by atoms with van der Waals surface area (Å²) >= 11 is 13.5. The van der Waals surface area contributed by atoms with Crippen LogP contribution in [0.3, 0.4) is 0 Å². The van der Waals surface area contributed by atoms with Crippen molar-refractivity contribution in [3.05, 3.63) is 74.8 Å². The van der Waals surface area contributed by atoms with Crippen LogP contribution in [0.4, 0.5) is 5.69 Å². The van der Waals surface area contributed by atoms with Crippen molar-refractivity contribution in [2.24, 2.45) is 11.7 Å². The van der Waals surface area contributed by atoms with E-state index in [0.29, 0.717) is 51.4 Å². The number of primary amides is 1. The highest BCUT2D eigenvalue weighted by Crippen LogP contribution is 2.39. The van der Waals surface area contributed by atoms with E-state index in [4.69, 9.17) is 44.4 Å². The fourth-order valence-electron chi connectivity index (χ4n) is 3.52. The third kappa shape index (κ3) is 5.28. The number of nitrogen functional groups attached to an aromatic ring is 1. The summed E-state index contributed by atoms with van der Waals surface area (Å²) in [6, 6.07) is 15.3. The number of carbonyl (C=O) groups excluding carboxylic acids is 1. The molecule has 0 radical (unpaired) electrons. The van der Waals surface area contributed by atoms with Crippen molar-refractivity contribution in [3.63, 3.8) is 0 Å². The zero-order valence-corrected chi connectivity index (χ0v) is 20.2. The minimum atomic E-state index is -0.597. The number of nitrogens with zero attached hydrogens (tertiary/aromatic N) is 2. The van der Waals surface area contributed by atoms with Gasteiger partial charge in [0.2, 0.25) is 0 Å². The smallest absolute Gasteiger partial charge is 0.260 e. The highest BCUT2D eigenvalue weighted by molar-refractivity contribution is 7.21.